The van der Waals surface area contributed by atoms with Crippen LogP contribution in [0.2, 0.25) is 0 Å². The van der Waals surface area contributed by atoms with Crippen molar-refractivity contribution in [1.29, 1.82) is 0 Å². The maximum Gasteiger partial charge on any atom is 0.221 e. The first kappa shape index (κ1) is 22.5. The van der Waals surface area contributed by atoms with E-state index in [1.165, 1.54) is 11.1 Å². The van der Waals surface area contributed by atoms with Gasteiger partial charge >= 0.3 is 0 Å². The van der Waals surface area contributed by atoms with Crippen LogP contribution in [-0.2, 0) is 5.54 Å². The van der Waals surface area contributed by atoms with Crippen molar-refractivity contribution < 1.29 is 9.84 Å². The zero-order valence-electron chi connectivity index (χ0n) is 19.5. The number of fused-ring (bicyclic) bond motifs is 1. The fourth-order valence-electron chi connectivity index (χ4n) is 5.13. The second-order valence-electron chi connectivity index (χ2n) is 9.08. The number of hydrogen-bond acceptors (Lipinski definition) is 5. The molecule has 0 radical (unpaired) electrons. The van der Waals surface area contributed by atoms with E-state index in [0.717, 1.165) is 30.4 Å². The van der Waals surface area contributed by atoms with Gasteiger partial charge in [0.25, 0.3) is 0 Å². The van der Waals surface area contributed by atoms with E-state index in [1.54, 1.807) is 6.20 Å². The van der Waals surface area contributed by atoms with Gasteiger partial charge in [-0.25, -0.2) is 4.98 Å². The van der Waals surface area contributed by atoms with Crippen LogP contribution >= 0.6 is 0 Å². The minimum atomic E-state index is -0.657. The first-order chi connectivity index (χ1) is 16.7. The number of nitrogens with zero attached hydrogens (tertiary/aromatic N) is 3. The van der Waals surface area contributed by atoms with Gasteiger partial charge < -0.3 is 14.7 Å². The first-order valence-electron chi connectivity index (χ1n) is 11.9. The third-order valence-corrected chi connectivity index (χ3v) is 6.77. The average Bonchev–Trinajstić information content (AvgIpc) is 2.89. The number of ether oxygens (including phenoxy) is 1. The van der Waals surface area contributed by atoms with Crippen LogP contribution < -0.4 is 4.74 Å². The minimum Gasteiger partial charge on any atom is -0.474 e. The van der Waals surface area contributed by atoms with Crippen molar-refractivity contribution in [2.75, 3.05) is 39.8 Å². The summed E-state index contributed by atoms with van der Waals surface area (Å²) < 4.78 is 6.03. The Hall–Kier alpha value is -3.25. The van der Waals surface area contributed by atoms with Crippen molar-refractivity contribution in [3.8, 4) is 5.88 Å². The number of piperazine rings is 1. The summed E-state index contributed by atoms with van der Waals surface area (Å²) in [5.74, 6) is 0.563. The third-order valence-electron chi connectivity index (χ3n) is 6.77. The molecule has 0 saturated carbocycles. The monoisotopic (exact) mass is 453 g/mol. The fourth-order valence-corrected chi connectivity index (χ4v) is 5.13. The first-order valence-corrected chi connectivity index (χ1v) is 11.9. The van der Waals surface area contributed by atoms with Gasteiger partial charge in [-0.2, -0.15) is 0 Å². The molecule has 1 aliphatic heterocycles. The maximum atomic E-state index is 11.1. The number of pyridine rings is 1. The molecule has 4 aromatic rings. The minimum absolute atomic E-state index is 0.188. The third kappa shape index (κ3) is 4.42. The zero-order chi connectivity index (χ0) is 23.4. The van der Waals surface area contributed by atoms with Gasteiger partial charge in [0, 0.05) is 37.8 Å². The Bertz CT molecular complexity index is 1170. The van der Waals surface area contributed by atoms with Gasteiger partial charge in [-0.1, -0.05) is 78.9 Å². The molecule has 5 nitrogen and oxygen atoms in total. The SMILES string of the molecule is CN1CCN(CC(O)COc2nccc3ccccc23)C(c2ccccc2)(c2ccccc2)C1. The van der Waals surface area contributed by atoms with Gasteiger partial charge in [-0.3, -0.25) is 4.90 Å². The molecular formula is C29H31N3O2. The molecule has 5 heteroatoms. The molecule has 0 aliphatic carbocycles. The smallest absolute Gasteiger partial charge is 0.221 e. The van der Waals surface area contributed by atoms with Crippen LogP contribution in [0.4, 0.5) is 0 Å². The van der Waals surface area contributed by atoms with Crippen molar-refractivity contribution in [2.24, 2.45) is 0 Å². The molecule has 3 aromatic carbocycles. The van der Waals surface area contributed by atoms with E-state index in [2.05, 4.69) is 82.5 Å². The van der Waals surface area contributed by atoms with Crippen LogP contribution in [0.25, 0.3) is 10.8 Å². The second-order valence-corrected chi connectivity index (χ2v) is 9.08. The number of hydrogen-bond donors (Lipinski definition) is 1. The average molecular weight is 454 g/mol. The van der Waals surface area contributed by atoms with Crippen LogP contribution in [-0.4, -0.2) is 65.8 Å². The summed E-state index contributed by atoms with van der Waals surface area (Å²) >= 11 is 0. The standard InChI is InChI=1S/C29H31N3O2/c1-31-18-19-32(20-26(33)21-34-28-27-15-9-8-10-23(27)16-17-30-28)29(22-31,24-11-4-2-5-12-24)25-13-6-3-7-14-25/h2-17,26,33H,18-22H2,1H3. The lowest BCUT2D eigenvalue weighted by Gasteiger charge is -2.51. The van der Waals surface area contributed by atoms with Crippen LogP contribution in [0, 0.1) is 0 Å². The normalized spacial score (nSPS) is 17.5. The van der Waals surface area contributed by atoms with Gasteiger partial charge in [-0.15, -0.1) is 0 Å². The second kappa shape index (κ2) is 9.94. The lowest BCUT2D eigenvalue weighted by Crippen LogP contribution is -2.61. The topological polar surface area (TPSA) is 48.8 Å². The van der Waals surface area contributed by atoms with E-state index in [1.807, 2.05) is 30.3 Å². The molecule has 2 heterocycles. The molecule has 0 amide bonds. The van der Waals surface area contributed by atoms with Gasteiger partial charge in [0.05, 0.1) is 5.54 Å². The molecule has 1 atom stereocenters. The summed E-state index contributed by atoms with van der Waals surface area (Å²) in [6.45, 7) is 3.33. The highest BCUT2D eigenvalue weighted by atomic mass is 16.5. The van der Waals surface area contributed by atoms with Crippen molar-refractivity contribution in [1.82, 2.24) is 14.8 Å². The number of aromatic nitrogens is 1. The van der Waals surface area contributed by atoms with Crippen molar-refractivity contribution >= 4 is 10.8 Å². The zero-order valence-corrected chi connectivity index (χ0v) is 19.5. The van der Waals surface area contributed by atoms with E-state index >= 15 is 0 Å². The van der Waals surface area contributed by atoms with Gasteiger partial charge in [0.2, 0.25) is 5.88 Å². The van der Waals surface area contributed by atoms with Crippen LogP contribution in [0.3, 0.4) is 0 Å². The Morgan fingerprint density at radius 1 is 0.882 bits per heavy atom. The molecule has 1 fully saturated rings. The molecule has 1 N–H and O–H groups in total. The highest BCUT2D eigenvalue weighted by Crippen LogP contribution is 2.39. The number of aliphatic hydroxyl groups is 1. The Morgan fingerprint density at radius 2 is 1.53 bits per heavy atom. The molecular weight excluding hydrogens is 422 g/mol. The van der Waals surface area contributed by atoms with E-state index in [0.29, 0.717) is 12.4 Å². The van der Waals surface area contributed by atoms with Crippen molar-refractivity contribution in [2.45, 2.75) is 11.6 Å². The van der Waals surface area contributed by atoms with E-state index < -0.39 is 6.10 Å². The Labute approximate surface area is 201 Å². The van der Waals surface area contributed by atoms with Crippen LogP contribution in [0.15, 0.2) is 97.2 Å². The van der Waals surface area contributed by atoms with E-state index in [9.17, 15) is 5.11 Å². The fraction of sp³-hybridized carbons (Fsp3) is 0.276. The molecule has 5 rings (SSSR count). The summed E-state index contributed by atoms with van der Waals surface area (Å²) in [5.41, 5.74) is 2.11. The lowest BCUT2D eigenvalue weighted by molar-refractivity contribution is -0.0141. The number of β-amino-alcohol motifs (C(OH)–C–C–N with tert-alkyl or cyclic N) is 1. The Balaban J connectivity index is 1.41. The van der Waals surface area contributed by atoms with Gasteiger partial charge in [0.15, 0.2) is 0 Å². The molecule has 1 aromatic heterocycles. The molecule has 1 aliphatic rings. The van der Waals surface area contributed by atoms with E-state index in [4.69, 9.17) is 4.74 Å². The largest absolute Gasteiger partial charge is 0.474 e. The molecule has 0 bridgehead atoms. The molecule has 174 valence electrons. The van der Waals surface area contributed by atoms with Crippen LogP contribution in [0.1, 0.15) is 11.1 Å². The number of aliphatic hydroxyl groups excluding tert-OH is 1. The summed E-state index contributed by atoms with van der Waals surface area (Å²) in [6.07, 6.45) is 1.09. The maximum absolute atomic E-state index is 11.1. The van der Waals surface area contributed by atoms with Gasteiger partial charge in [-0.05, 0) is 35.7 Å². The summed E-state index contributed by atoms with van der Waals surface area (Å²) in [5, 5.41) is 13.2. The summed E-state index contributed by atoms with van der Waals surface area (Å²) in [4.78, 5) is 9.20. The lowest BCUT2D eigenvalue weighted by atomic mass is 9.79. The quantitative estimate of drug-likeness (QED) is 0.455. The van der Waals surface area contributed by atoms with Crippen molar-refractivity contribution in [3.63, 3.8) is 0 Å². The summed E-state index contributed by atoms with van der Waals surface area (Å²) in [6, 6.07) is 31.3. The summed E-state index contributed by atoms with van der Waals surface area (Å²) in [7, 11) is 2.17. The molecule has 34 heavy (non-hydrogen) atoms. The predicted molar refractivity (Wildman–Crippen MR) is 136 cm³/mol. The molecule has 1 saturated heterocycles. The van der Waals surface area contributed by atoms with E-state index in [-0.39, 0.29) is 12.1 Å². The molecule has 0 spiro atoms. The highest BCUT2D eigenvalue weighted by Gasteiger charge is 2.44. The van der Waals surface area contributed by atoms with Crippen molar-refractivity contribution in [3.05, 3.63) is 108 Å². The Morgan fingerprint density at radius 3 is 2.24 bits per heavy atom. The number of rotatable bonds is 7. The number of benzene rings is 3. The Kier molecular flexibility index (Phi) is 6.59. The van der Waals surface area contributed by atoms with Gasteiger partial charge in [0.1, 0.15) is 12.7 Å². The molecule has 1 unspecified atom stereocenters. The van der Waals surface area contributed by atoms with Crippen LogP contribution in [0.5, 0.6) is 5.88 Å². The number of likely N-dealkylation sites (N-methyl/N-ethyl adjacent to an activating group) is 1. The predicted octanol–water partition coefficient (Wildman–Crippen LogP) is 4.17. The highest BCUT2D eigenvalue weighted by molar-refractivity contribution is 5.86.